The van der Waals surface area contributed by atoms with Gasteiger partial charge in [-0.05, 0) is 48.9 Å². The number of rotatable bonds is 5. The van der Waals surface area contributed by atoms with Crippen molar-refractivity contribution >= 4 is 11.6 Å². The Morgan fingerprint density at radius 1 is 0.952 bits per heavy atom. The fraction of sp³-hybridized carbons (Fsp3) is 0.316. The van der Waals surface area contributed by atoms with Gasteiger partial charge in [0, 0.05) is 12.1 Å². The first kappa shape index (κ1) is 15.3. The topological polar surface area (TPSA) is 29.1 Å². The Hall–Kier alpha value is -2.09. The van der Waals surface area contributed by atoms with Crippen molar-refractivity contribution in [3.05, 3.63) is 64.7 Å². The minimum atomic E-state index is 0.0759. The third-order valence-corrected chi connectivity index (χ3v) is 3.82. The van der Waals surface area contributed by atoms with Gasteiger partial charge in [0.1, 0.15) is 0 Å². The van der Waals surface area contributed by atoms with Crippen LogP contribution in [0.15, 0.2) is 42.5 Å². The molecule has 0 radical (unpaired) electrons. The van der Waals surface area contributed by atoms with Gasteiger partial charge in [-0.2, -0.15) is 0 Å². The lowest BCUT2D eigenvalue weighted by Gasteiger charge is -2.11. The largest absolute Gasteiger partial charge is 0.326 e. The molecule has 0 bridgehead atoms. The summed E-state index contributed by atoms with van der Waals surface area (Å²) in [7, 11) is 0. The number of hydrogen-bond acceptors (Lipinski definition) is 1. The van der Waals surface area contributed by atoms with E-state index in [4.69, 9.17) is 0 Å². The molecule has 2 rings (SSSR count). The van der Waals surface area contributed by atoms with Crippen LogP contribution in [0, 0.1) is 13.8 Å². The number of anilines is 1. The highest BCUT2D eigenvalue weighted by atomic mass is 16.1. The van der Waals surface area contributed by atoms with Gasteiger partial charge in [-0.1, -0.05) is 49.4 Å². The number of carbonyl (C=O) groups is 1. The molecule has 2 aromatic carbocycles. The number of nitrogens with one attached hydrogen (secondary N) is 1. The highest BCUT2D eigenvalue weighted by Gasteiger charge is 2.07. The van der Waals surface area contributed by atoms with Gasteiger partial charge in [-0.25, -0.2) is 0 Å². The van der Waals surface area contributed by atoms with Gasteiger partial charge in [-0.3, -0.25) is 4.79 Å². The summed E-state index contributed by atoms with van der Waals surface area (Å²) in [4.78, 5) is 12.1. The summed E-state index contributed by atoms with van der Waals surface area (Å²) >= 11 is 0. The molecule has 0 aliphatic rings. The lowest BCUT2D eigenvalue weighted by molar-refractivity contribution is -0.116. The summed E-state index contributed by atoms with van der Waals surface area (Å²) in [5.41, 5.74) is 5.71. The number of amides is 1. The van der Waals surface area contributed by atoms with Crippen LogP contribution >= 0.6 is 0 Å². The fourth-order valence-electron chi connectivity index (χ4n) is 2.41. The Morgan fingerprint density at radius 2 is 1.52 bits per heavy atom. The zero-order chi connectivity index (χ0) is 15.2. The van der Waals surface area contributed by atoms with Crippen molar-refractivity contribution in [2.24, 2.45) is 0 Å². The highest BCUT2D eigenvalue weighted by molar-refractivity contribution is 5.92. The van der Waals surface area contributed by atoms with Crippen LogP contribution in [-0.4, -0.2) is 5.91 Å². The summed E-state index contributed by atoms with van der Waals surface area (Å²) < 4.78 is 0. The predicted octanol–water partition coefficient (Wildman–Crippen LogP) is 4.44. The fourth-order valence-corrected chi connectivity index (χ4v) is 2.41. The normalized spacial score (nSPS) is 10.4. The number of hydrogen-bond donors (Lipinski definition) is 1. The van der Waals surface area contributed by atoms with E-state index in [1.165, 1.54) is 11.1 Å². The van der Waals surface area contributed by atoms with Crippen LogP contribution in [0.1, 0.15) is 35.6 Å². The zero-order valence-corrected chi connectivity index (χ0v) is 13.1. The standard InChI is InChI=1S/C19H23NO/c1-4-16-8-10-17(11-9-16)12-13-18(21)20-19-14(2)6-5-7-15(19)3/h5-11H,4,12-13H2,1-3H3,(H,20,21). The SMILES string of the molecule is CCc1ccc(CCC(=O)Nc2c(C)cccc2C)cc1. The number of para-hydroxylation sites is 1. The summed E-state index contributed by atoms with van der Waals surface area (Å²) in [6, 6.07) is 14.6. The van der Waals surface area contributed by atoms with Crippen LogP contribution in [-0.2, 0) is 17.6 Å². The van der Waals surface area contributed by atoms with Crippen LogP contribution in [0.5, 0.6) is 0 Å². The first-order valence-electron chi connectivity index (χ1n) is 7.54. The maximum Gasteiger partial charge on any atom is 0.224 e. The lowest BCUT2D eigenvalue weighted by Crippen LogP contribution is -2.14. The van der Waals surface area contributed by atoms with E-state index in [0.717, 1.165) is 29.7 Å². The van der Waals surface area contributed by atoms with Crippen molar-refractivity contribution in [1.29, 1.82) is 0 Å². The smallest absolute Gasteiger partial charge is 0.224 e. The molecule has 0 spiro atoms. The molecule has 1 N–H and O–H groups in total. The number of carbonyl (C=O) groups excluding carboxylic acids is 1. The van der Waals surface area contributed by atoms with Gasteiger partial charge in [0.15, 0.2) is 0 Å². The van der Waals surface area contributed by atoms with E-state index in [-0.39, 0.29) is 5.91 Å². The molecule has 1 amide bonds. The van der Waals surface area contributed by atoms with E-state index >= 15 is 0 Å². The van der Waals surface area contributed by atoms with Gasteiger partial charge >= 0.3 is 0 Å². The molecular formula is C19H23NO. The van der Waals surface area contributed by atoms with Crippen molar-refractivity contribution in [3.8, 4) is 0 Å². The van der Waals surface area contributed by atoms with Crippen molar-refractivity contribution in [3.63, 3.8) is 0 Å². The summed E-state index contributed by atoms with van der Waals surface area (Å²) in [5.74, 6) is 0.0759. The first-order chi connectivity index (χ1) is 10.1. The molecule has 0 aromatic heterocycles. The Bertz CT molecular complexity index is 594. The maximum atomic E-state index is 12.1. The molecule has 0 saturated carbocycles. The quantitative estimate of drug-likeness (QED) is 0.862. The molecule has 0 aliphatic heterocycles. The van der Waals surface area contributed by atoms with Gasteiger partial charge in [0.2, 0.25) is 5.91 Å². The Morgan fingerprint density at radius 3 is 2.10 bits per heavy atom. The molecule has 110 valence electrons. The molecule has 21 heavy (non-hydrogen) atoms. The summed E-state index contributed by atoms with van der Waals surface area (Å²) in [6.45, 7) is 6.19. The average Bonchev–Trinajstić information content (AvgIpc) is 2.49. The molecule has 2 heteroatoms. The van der Waals surface area contributed by atoms with E-state index in [9.17, 15) is 4.79 Å². The van der Waals surface area contributed by atoms with Crippen molar-refractivity contribution in [1.82, 2.24) is 0 Å². The van der Waals surface area contributed by atoms with Crippen LogP contribution < -0.4 is 5.32 Å². The zero-order valence-electron chi connectivity index (χ0n) is 13.1. The van der Waals surface area contributed by atoms with E-state index in [1.807, 2.05) is 32.0 Å². The Labute approximate surface area is 127 Å². The third kappa shape index (κ3) is 4.19. The molecule has 0 unspecified atom stereocenters. The minimum Gasteiger partial charge on any atom is -0.326 e. The molecule has 0 saturated heterocycles. The van der Waals surface area contributed by atoms with E-state index in [1.54, 1.807) is 0 Å². The molecule has 2 aromatic rings. The van der Waals surface area contributed by atoms with E-state index < -0.39 is 0 Å². The van der Waals surface area contributed by atoms with Crippen LogP contribution in [0.25, 0.3) is 0 Å². The van der Waals surface area contributed by atoms with Crippen molar-refractivity contribution in [2.75, 3.05) is 5.32 Å². The van der Waals surface area contributed by atoms with Gasteiger partial charge in [0.05, 0.1) is 0 Å². The Kier molecular flexibility index (Phi) is 5.15. The van der Waals surface area contributed by atoms with Crippen molar-refractivity contribution in [2.45, 2.75) is 40.0 Å². The van der Waals surface area contributed by atoms with Gasteiger partial charge in [-0.15, -0.1) is 0 Å². The van der Waals surface area contributed by atoms with Gasteiger partial charge in [0.25, 0.3) is 0 Å². The molecule has 0 fully saturated rings. The first-order valence-corrected chi connectivity index (χ1v) is 7.54. The monoisotopic (exact) mass is 281 g/mol. The molecule has 0 atom stereocenters. The maximum absolute atomic E-state index is 12.1. The van der Waals surface area contributed by atoms with Gasteiger partial charge < -0.3 is 5.32 Å². The predicted molar refractivity (Wildman–Crippen MR) is 88.7 cm³/mol. The average molecular weight is 281 g/mol. The molecular weight excluding hydrogens is 258 g/mol. The van der Waals surface area contributed by atoms with Crippen LogP contribution in [0.3, 0.4) is 0 Å². The highest BCUT2D eigenvalue weighted by Crippen LogP contribution is 2.19. The van der Waals surface area contributed by atoms with E-state index in [2.05, 4.69) is 36.5 Å². The lowest BCUT2D eigenvalue weighted by atomic mass is 10.1. The third-order valence-electron chi connectivity index (χ3n) is 3.82. The number of benzene rings is 2. The molecule has 0 aliphatic carbocycles. The summed E-state index contributed by atoms with van der Waals surface area (Å²) in [6.07, 6.45) is 2.34. The number of aryl methyl sites for hydroxylation is 4. The summed E-state index contributed by atoms with van der Waals surface area (Å²) in [5, 5.41) is 3.03. The second-order valence-corrected chi connectivity index (χ2v) is 5.49. The van der Waals surface area contributed by atoms with E-state index in [0.29, 0.717) is 6.42 Å². The van der Waals surface area contributed by atoms with Crippen molar-refractivity contribution < 1.29 is 4.79 Å². The molecule has 0 heterocycles. The Balaban J connectivity index is 1.92. The van der Waals surface area contributed by atoms with Crippen LogP contribution in [0.2, 0.25) is 0 Å². The second kappa shape index (κ2) is 7.07. The van der Waals surface area contributed by atoms with Crippen LogP contribution in [0.4, 0.5) is 5.69 Å². The minimum absolute atomic E-state index is 0.0759. The molecule has 2 nitrogen and oxygen atoms in total. The second-order valence-electron chi connectivity index (χ2n) is 5.49.